The zero-order valence-electron chi connectivity index (χ0n) is 10.8. The summed E-state index contributed by atoms with van der Waals surface area (Å²) >= 11 is 11.5. The Morgan fingerprint density at radius 2 is 1.55 bits per heavy atom. The van der Waals surface area contributed by atoms with Crippen LogP contribution in [-0.2, 0) is 0 Å². The van der Waals surface area contributed by atoms with E-state index >= 15 is 0 Å². The van der Waals surface area contributed by atoms with E-state index in [2.05, 4.69) is 0 Å². The van der Waals surface area contributed by atoms with Crippen molar-refractivity contribution in [1.82, 2.24) is 0 Å². The highest BCUT2D eigenvalue weighted by Gasteiger charge is 2.20. The lowest BCUT2D eigenvalue weighted by atomic mass is 9.96. The summed E-state index contributed by atoms with van der Waals surface area (Å²) in [6.07, 6.45) is 0. The van der Waals surface area contributed by atoms with Crippen molar-refractivity contribution in [2.75, 3.05) is 0 Å². The fourth-order valence-electron chi connectivity index (χ4n) is 1.97. The monoisotopic (exact) mass is 318 g/mol. The van der Waals surface area contributed by atoms with Gasteiger partial charge in [0.15, 0.2) is 11.6 Å². The normalized spacial score (nSPS) is 11.2. The molecule has 0 radical (unpaired) electrons. The number of hydrogen-bond donors (Lipinski definition) is 0. The smallest absolute Gasteiger partial charge is 0.178 e. The zero-order valence-corrected chi connectivity index (χ0v) is 12.3. The number of benzene rings is 2. The first kappa shape index (κ1) is 15.2. The molecule has 0 nitrogen and oxygen atoms in total. The summed E-state index contributed by atoms with van der Waals surface area (Å²) in [4.78, 5) is 0. The van der Waals surface area contributed by atoms with Crippen molar-refractivity contribution < 1.29 is 13.2 Å². The summed E-state index contributed by atoms with van der Waals surface area (Å²) in [7, 11) is 0. The molecule has 0 saturated carbocycles. The SMILES string of the molecule is CC(C)c1cccc(-c2cc(F)c(F)c(Cl)c2Cl)c1F. The Bertz CT molecular complexity index is 667. The highest BCUT2D eigenvalue weighted by atomic mass is 35.5. The van der Waals surface area contributed by atoms with E-state index in [9.17, 15) is 13.2 Å². The first-order valence-electron chi connectivity index (χ1n) is 5.96. The van der Waals surface area contributed by atoms with Crippen molar-refractivity contribution >= 4 is 23.2 Å². The molecule has 106 valence electrons. The first-order valence-corrected chi connectivity index (χ1v) is 6.72. The summed E-state index contributed by atoms with van der Waals surface area (Å²) in [6.45, 7) is 3.67. The Morgan fingerprint density at radius 3 is 2.15 bits per heavy atom. The molecule has 0 aliphatic heterocycles. The summed E-state index contributed by atoms with van der Waals surface area (Å²) in [5.74, 6) is -2.95. The van der Waals surface area contributed by atoms with Crippen LogP contribution in [0.2, 0.25) is 10.0 Å². The van der Waals surface area contributed by atoms with Gasteiger partial charge in [0.1, 0.15) is 5.82 Å². The topological polar surface area (TPSA) is 0 Å². The maximum absolute atomic E-state index is 14.4. The average Bonchev–Trinajstić information content (AvgIpc) is 2.41. The fraction of sp³-hybridized carbons (Fsp3) is 0.200. The van der Waals surface area contributed by atoms with Crippen LogP contribution in [0.15, 0.2) is 24.3 Å². The quantitative estimate of drug-likeness (QED) is 0.456. The Labute approximate surface area is 125 Å². The third kappa shape index (κ3) is 2.52. The molecule has 0 aromatic heterocycles. The van der Waals surface area contributed by atoms with E-state index in [1.807, 2.05) is 13.8 Å². The Kier molecular flexibility index (Phi) is 4.31. The zero-order chi connectivity index (χ0) is 15.0. The van der Waals surface area contributed by atoms with Gasteiger partial charge in [-0.1, -0.05) is 55.2 Å². The second kappa shape index (κ2) is 5.66. The molecular formula is C15H11Cl2F3. The molecule has 0 atom stereocenters. The second-order valence-corrected chi connectivity index (χ2v) is 5.47. The van der Waals surface area contributed by atoms with Crippen LogP contribution in [0.25, 0.3) is 11.1 Å². The van der Waals surface area contributed by atoms with Crippen LogP contribution in [-0.4, -0.2) is 0 Å². The number of hydrogen-bond acceptors (Lipinski definition) is 0. The van der Waals surface area contributed by atoms with Crippen molar-refractivity contribution in [3.8, 4) is 11.1 Å². The number of halogens is 5. The van der Waals surface area contributed by atoms with Crippen molar-refractivity contribution in [3.05, 3.63) is 57.3 Å². The molecule has 0 N–H and O–H groups in total. The lowest BCUT2D eigenvalue weighted by Gasteiger charge is -2.13. The molecule has 0 bridgehead atoms. The third-order valence-electron chi connectivity index (χ3n) is 3.04. The van der Waals surface area contributed by atoms with Gasteiger partial charge in [0.05, 0.1) is 10.0 Å². The van der Waals surface area contributed by atoms with Crippen LogP contribution in [0, 0.1) is 17.5 Å². The lowest BCUT2D eigenvalue weighted by Crippen LogP contribution is -1.97. The van der Waals surface area contributed by atoms with Crippen LogP contribution in [0.3, 0.4) is 0 Å². The van der Waals surface area contributed by atoms with E-state index < -0.39 is 22.5 Å². The maximum Gasteiger partial charge on any atom is 0.178 e. The minimum atomic E-state index is -1.24. The van der Waals surface area contributed by atoms with Gasteiger partial charge < -0.3 is 0 Å². The minimum absolute atomic E-state index is 0.0376. The molecule has 20 heavy (non-hydrogen) atoms. The van der Waals surface area contributed by atoms with E-state index in [4.69, 9.17) is 23.2 Å². The van der Waals surface area contributed by atoms with Gasteiger partial charge in [-0.25, -0.2) is 13.2 Å². The van der Waals surface area contributed by atoms with E-state index in [-0.39, 0.29) is 22.1 Å². The van der Waals surface area contributed by atoms with Gasteiger partial charge in [-0.2, -0.15) is 0 Å². The summed E-state index contributed by atoms with van der Waals surface area (Å²) < 4.78 is 41.2. The van der Waals surface area contributed by atoms with E-state index in [1.54, 1.807) is 12.1 Å². The van der Waals surface area contributed by atoms with E-state index in [1.165, 1.54) is 6.07 Å². The van der Waals surface area contributed by atoms with Gasteiger partial charge in [-0.05, 0) is 17.5 Å². The highest BCUT2D eigenvalue weighted by Crippen LogP contribution is 2.39. The van der Waals surface area contributed by atoms with Gasteiger partial charge in [0.2, 0.25) is 0 Å². The van der Waals surface area contributed by atoms with Gasteiger partial charge in [-0.15, -0.1) is 0 Å². The van der Waals surface area contributed by atoms with Crippen LogP contribution < -0.4 is 0 Å². The molecule has 2 aromatic carbocycles. The maximum atomic E-state index is 14.4. The average molecular weight is 319 g/mol. The molecule has 0 aliphatic rings. The van der Waals surface area contributed by atoms with E-state index in [0.29, 0.717) is 5.56 Å². The van der Waals surface area contributed by atoms with Crippen molar-refractivity contribution in [2.45, 2.75) is 19.8 Å². The molecule has 0 heterocycles. The van der Waals surface area contributed by atoms with Crippen molar-refractivity contribution in [3.63, 3.8) is 0 Å². The lowest BCUT2D eigenvalue weighted by molar-refractivity contribution is 0.509. The predicted molar refractivity (Wildman–Crippen MR) is 75.9 cm³/mol. The Balaban J connectivity index is 2.73. The molecule has 5 heteroatoms. The molecule has 0 spiro atoms. The predicted octanol–water partition coefficient (Wildman–Crippen LogP) is 6.20. The van der Waals surface area contributed by atoms with Gasteiger partial charge in [0.25, 0.3) is 0 Å². The second-order valence-electron chi connectivity index (χ2n) is 4.71. The third-order valence-corrected chi connectivity index (χ3v) is 3.89. The number of rotatable bonds is 2. The summed E-state index contributed by atoms with van der Waals surface area (Å²) in [5, 5.41) is -0.749. The fourth-order valence-corrected chi connectivity index (χ4v) is 2.40. The summed E-state index contributed by atoms with van der Waals surface area (Å²) in [5.41, 5.74) is 0.608. The van der Waals surface area contributed by atoms with Crippen LogP contribution in [0.4, 0.5) is 13.2 Å². The van der Waals surface area contributed by atoms with Crippen LogP contribution >= 0.6 is 23.2 Å². The highest BCUT2D eigenvalue weighted by molar-refractivity contribution is 6.43. The minimum Gasteiger partial charge on any atom is -0.206 e. The standard InChI is InChI=1S/C15H11Cl2F3/c1-7(2)8-4-3-5-9(14(8)19)10-6-11(18)15(20)13(17)12(10)16/h3-7H,1-2H3. The van der Waals surface area contributed by atoms with Gasteiger partial charge in [-0.3, -0.25) is 0 Å². The first-order chi connectivity index (χ1) is 9.34. The van der Waals surface area contributed by atoms with Crippen molar-refractivity contribution in [1.29, 1.82) is 0 Å². The van der Waals surface area contributed by atoms with Crippen molar-refractivity contribution in [2.24, 2.45) is 0 Å². The molecule has 0 fully saturated rings. The summed E-state index contributed by atoms with van der Waals surface area (Å²) in [6, 6.07) is 5.58. The van der Waals surface area contributed by atoms with Crippen LogP contribution in [0.5, 0.6) is 0 Å². The molecule has 0 saturated heterocycles. The van der Waals surface area contributed by atoms with E-state index in [0.717, 1.165) is 6.07 Å². The Hall–Kier alpha value is -1.19. The molecule has 2 rings (SSSR count). The van der Waals surface area contributed by atoms with Gasteiger partial charge in [0, 0.05) is 11.1 Å². The molecule has 0 amide bonds. The molecule has 0 unspecified atom stereocenters. The van der Waals surface area contributed by atoms with Crippen LogP contribution in [0.1, 0.15) is 25.3 Å². The van der Waals surface area contributed by atoms with Gasteiger partial charge >= 0.3 is 0 Å². The molecule has 0 aliphatic carbocycles. The molecular weight excluding hydrogens is 308 g/mol. The molecule has 2 aromatic rings. The Morgan fingerprint density at radius 1 is 0.900 bits per heavy atom. The largest absolute Gasteiger partial charge is 0.206 e.